The molecule has 6 nitrogen and oxygen atoms in total. The first-order chi connectivity index (χ1) is 9.58. The molecular formula is C14H20O6. The van der Waals surface area contributed by atoms with Crippen molar-refractivity contribution >= 4 is 11.9 Å². The molecule has 0 amide bonds. The van der Waals surface area contributed by atoms with Crippen LogP contribution < -0.4 is 0 Å². The zero-order valence-electron chi connectivity index (χ0n) is 11.3. The van der Waals surface area contributed by atoms with Gasteiger partial charge in [-0.15, -0.1) is 0 Å². The summed E-state index contributed by atoms with van der Waals surface area (Å²) in [5, 5.41) is 18.6. The van der Waals surface area contributed by atoms with Gasteiger partial charge in [-0.1, -0.05) is 0 Å². The molecule has 2 N–H and O–H groups in total. The summed E-state index contributed by atoms with van der Waals surface area (Å²) in [6, 6.07) is 0. The van der Waals surface area contributed by atoms with Crippen LogP contribution in [0.25, 0.3) is 0 Å². The van der Waals surface area contributed by atoms with Crippen molar-refractivity contribution in [2.45, 2.75) is 50.7 Å². The van der Waals surface area contributed by atoms with Crippen molar-refractivity contribution in [3.63, 3.8) is 0 Å². The second-order valence-electron chi connectivity index (χ2n) is 5.25. The summed E-state index contributed by atoms with van der Waals surface area (Å²) in [6.45, 7) is 1.23. The molecule has 2 unspecified atom stereocenters. The molecule has 2 heterocycles. The maximum absolute atomic E-state index is 11.4. The molecule has 0 spiro atoms. The van der Waals surface area contributed by atoms with Crippen LogP contribution in [0.2, 0.25) is 0 Å². The van der Waals surface area contributed by atoms with Gasteiger partial charge in [0.2, 0.25) is 0 Å². The van der Waals surface area contributed by atoms with Gasteiger partial charge >= 0.3 is 11.9 Å². The summed E-state index contributed by atoms with van der Waals surface area (Å²) in [7, 11) is 0. The summed E-state index contributed by atoms with van der Waals surface area (Å²) < 4.78 is 10.8. The molecule has 6 heteroatoms. The summed E-state index contributed by atoms with van der Waals surface area (Å²) >= 11 is 0. The lowest BCUT2D eigenvalue weighted by atomic mass is 9.95. The Morgan fingerprint density at radius 1 is 0.850 bits per heavy atom. The normalized spacial score (nSPS) is 27.4. The number of aliphatic carboxylic acids is 2. The maximum atomic E-state index is 11.4. The minimum atomic E-state index is -1.17. The van der Waals surface area contributed by atoms with Crippen molar-refractivity contribution in [3.05, 3.63) is 11.1 Å². The Hall–Kier alpha value is -1.40. The minimum Gasteiger partial charge on any atom is -0.478 e. The highest BCUT2D eigenvalue weighted by atomic mass is 16.5. The molecule has 2 aliphatic heterocycles. The zero-order valence-corrected chi connectivity index (χ0v) is 11.3. The molecule has 0 aliphatic carbocycles. The van der Waals surface area contributed by atoms with Gasteiger partial charge in [0, 0.05) is 26.1 Å². The van der Waals surface area contributed by atoms with Gasteiger partial charge in [-0.05, 0) is 25.7 Å². The minimum absolute atomic E-state index is 0.0418. The van der Waals surface area contributed by atoms with Gasteiger partial charge in [0.1, 0.15) is 0 Å². The second-order valence-corrected chi connectivity index (χ2v) is 5.25. The fourth-order valence-corrected chi connectivity index (χ4v) is 2.75. The molecular weight excluding hydrogens is 264 g/mol. The fraction of sp³-hybridized carbons (Fsp3) is 0.714. The van der Waals surface area contributed by atoms with Crippen LogP contribution in [-0.2, 0) is 19.1 Å². The molecule has 2 rings (SSSR count). The van der Waals surface area contributed by atoms with Crippen molar-refractivity contribution in [1.29, 1.82) is 0 Å². The van der Waals surface area contributed by atoms with Crippen LogP contribution in [0, 0.1) is 0 Å². The van der Waals surface area contributed by atoms with Crippen LogP contribution >= 0.6 is 0 Å². The molecule has 0 bridgehead atoms. The van der Waals surface area contributed by atoms with Crippen LogP contribution in [0.5, 0.6) is 0 Å². The molecule has 0 aromatic carbocycles. The first-order valence-electron chi connectivity index (χ1n) is 6.99. The van der Waals surface area contributed by atoms with E-state index >= 15 is 0 Å². The second kappa shape index (κ2) is 6.85. The molecule has 2 atom stereocenters. The smallest absolute Gasteiger partial charge is 0.332 e. The topological polar surface area (TPSA) is 93.1 Å². The summed E-state index contributed by atoms with van der Waals surface area (Å²) in [5.74, 6) is -2.34. The highest BCUT2D eigenvalue weighted by Crippen LogP contribution is 2.26. The summed E-state index contributed by atoms with van der Waals surface area (Å²) in [4.78, 5) is 22.8. The highest BCUT2D eigenvalue weighted by Gasteiger charge is 2.28. The molecule has 20 heavy (non-hydrogen) atoms. The van der Waals surface area contributed by atoms with E-state index in [1.807, 2.05) is 0 Å². The molecule has 0 aromatic heterocycles. The Labute approximate surface area is 117 Å². The van der Waals surface area contributed by atoms with Crippen molar-refractivity contribution in [1.82, 2.24) is 0 Å². The highest BCUT2D eigenvalue weighted by molar-refractivity contribution is 5.98. The molecule has 2 aliphatic rings. The van der Waals surface area contributed by atoms with E-state index in [-0.39, 0.29) is 36.2 Å². The standard InChI is InChI=1S/C14H20O6/c15-13(16)11(7-9-3-1-5-19-9)12(14(17)18)8-10-4-2-6-20-10/h9-10H,1-8H2,(H,15,16)(H,17,18)/b12-11-. The maximum Gasteiger partial charge on any atom is 0.332 e. The van der Waals surface area contributed by atoms with E-state index in [0.29, 0.717) is 13.2 Å². The number of hydrogen-bond acceptors (Lipinski definition) is 4. The van der Waals surface area contributed by atoms with E-state index < -0.39 is 11.9 Å². The number of carboxylic acid groups (broad SMARTS) is 2. The van der Waals surface area contributed by atoms with Gasteiger partial charge < -0.3 is 19.7 Å². The van der Waals surface area contributed by atoms with E-state index in [2.05, 4.69) is 0 Å². The van der Waals surface area contributed by atoms with Crippen LogP contribution in [0.15, 0.2) is 11.1 Å². The predicted octanol–water partition coefficient (Wildman–Crippen LogP) is 1.59. The van der Waals surface area contributed by atoms with Crippen LogP contribution in [0.3, 0.4) is 0 Å². The lowest BCUT2D eigenvalue weighted by molar-refractivity contribution is -0.136. The Morgan fingerprint density at radius 3 is 1.50 bits per heavy atom. The van der Waals surface area contributed by atoms with Crippen molar-refractivity contribution in [3.8, 4) is 0 Å². The van der Waals surface area contributed by atoms with E-state index in [1.54, 1.807) is 0 Å². The van der Waals surface area contributed by atoms with Crippen molar-refractivity contribution in [2.24, 2.45) is 0 Å². The van der Waals surface area contributed by atoms with Crippen molar-refractivity contribution < 1.29 is 29.3 Å². The van der Waals surface area contributed by atoms with Crippen LogP contribution in [-0.4, -0.2) is 47.6 Å². The summed E-state index contributed by atoms with van der Waals surface area (Å²) in [6.07, 6.45) is 3.30. The Kier molecular flexibility index (Phi) is 5.14. The first-order valence-corrected chi connectivity index (χ1v) is 6.99. The SMILES string of the molecule is O=C(O)/C(CC1CCCO1)=C(/CC1CCCO1)C(=O)O. The van der Waals surface area contributed by atoms with Gasteiger partial charge in [-0.3, -0.25) is 0 Å². The number of ether oxygens (including phenoxy) is 2. The lowest BCUT2D eigenvalue weighted by Crippen LogP contribution is -2.20. The molecule has 2 saturated heterocycles. The summed E-state index contributed by atoms with van der Waals surface area (Å²) in [5.41, 5.74) is -0.0835. The third-order valence-corrected chi connectivity index (χ3v) is 3.79. The van der Waals surface area contributed by atoms with E-state index in [4.69, 9.17) is 9.47 Å². The van der Waals surface area contributed by atoms with Gasteiger partial charge in [0.05, 0.1) is 23.4 Å². The van der Waals surface area contributed by atoms with Gasteiger partial charge in [0.25, 0.3) is 0 Å². The van der Waals surface area contributed by atoms with Crippen LogP contribution in [0.4, 0.5) is 0 Å². The Morgan fingerprint density at radius 2 is 1.25 bits per heavy atom. The number of hydrogen-bond donors (Lipinski definition) is 2. The molecule has 112 valence electrons. The molecule has 2 fully saturated rings. The number of rotatable bonds is 6. The molecule has 0 radical (unpaired) electrons. The quantitative estimate of drug-likeness (QED) is 0.719. The largest absolute Gasteiger partial charge is 0.478 e. The fourth-order valence-electron chi connectivity index (χ4n) is 2.75. The van der Waals surface area contributed by atoms with Crippen molar-refractivity contribution in [2.75, 3.05) is 13.2 Å². The Bertz CT molecular complexity index is 364. The lowest BCUT2D eigenvalue weighted by Gasteiger charge is -2.15. The van der Waals surface area contributed by atoms with Gasteiger partial charge in [-0.2, -0.15) is 0 Å². The molecule has 0 aromatic rings. The number of carboxylic acids is 2. The third-order valence-electron chi connectivity index (χ3n) is 3.79. The van der Waals surface area contributed by atoms with Gasteiger partial charge in [0.15, 0.2) is 0 Å². The van der Waals surface area contributed by atoms with E-state index in [9.17, 15) is 19.8 Å². The van der Waals surface area contributed by atoms with Crippen LogP contribution in [0.1, 0.15) is 38.5 Å². The first kappa shape index (κ1) is 15.0. The Balaban J connectivity index is 2.16. The number of carbonyl (C=O) groups is 2. The average molecular weight is 284 g/mol. The average Bonchev–Trinajstić information content (AvgIpc) is 3.06. The molecule has 0 saturated carbocycles. The zero-order chi connectivity index (χ0) is 14.5. The van der Waals surface area contributed by atoms with Gasteiger partial charge in [-0.25, -0.2) is 9.59 Å². The monoisotopic (exact) mass is 284 g/mol. The third kappa shape index (κ3) is 3.80. The van der Waals surface area contributed by atoms with E-state index in [1.165, 1.54) is 0 Å². The van der Waals surface area contributed by atoms with E-state index in [0.717, 1.165) is 25.7 Å². The predicted molar refractivity (Wildman–Crippen MR) is 69.5 cm³/mol.